The third kappa shape index (κ3) is 2.69. The normalized spacial score (nSPS) is 20.5. The Labute approximate surface area is 89.0 Å². The van der Waals surface area contributed by atoms with Crippen LogP contribution in [0.15, 0.2) is 18.2 Å². The molecule has 1 unspecified atom stereocenters. The Hall–Kier alpha value is -1.09. The zero-order chi connectivity index (χ0) is 10.7. The van der Waals surface area contributed by atoms with E-state index in [1.807, 2.05) is 6.92 Å². The summed E-state index contributed by atoms with van der Waals surface area (Å²) in [6, 6.07) is 4.61. The maximum Gasteiger partial charge on any atom is 0.126 e. The molecule has 0 aromatic heterocycles. The number of benzene rings is 1. The van der Waals surface area contributed by atoms with Crippen LogP contribution in [0.1, 0.15) is 12.0 Å². The van der Waals surface area contributed by atoms with Crippen LogP contribution in [0.2, 0.25) is 0 Å². The summed E-state index contributed by atoms with van der Waals surface area (Å²) in [6.07, 6.45) is 1.04. The molecule has 1 aromatic rings. The summed E-state index contributed by atoms with van der Waals surface area (Å²) in [7, 11) is 0. The maximum atomic E-state index is 12.9. The molecule has 1 saturated heterocycles. The van der Waals surface area contributed by atoms with Crippen LogP contribution >= 0.6 is 0 Å². The zero-order valence-corrected chi connectivity index (χ0v) is 8.83. The predicted octanol–water partition coefficient (Wildman–Crippen LogP) is 2.55. The van der Waals surface area contributed by atoms with E-state index in [4.69, 9.17) is 9.47 Å². The van der Waals surface area contributed by atoms with Crippen molar-refractivity contribution in [1.29, 1.82) is 0 Å². The number of rotatable bonds is 3. The molecule has 2 rings (SSSR count). The van der Waals surface area contributed by atoms with Crippen molar-refractivity contribution in [3.63, 3.8) is 0 Å². The van der Waals surface area contributed by atoms with Gasteiger partial charge in [0.1, 0.15) is 11.6 Å². The highest BCUT2D eigenvalue weighted by Gasteiger charge is 2.16. The van der Waals surface area contributed by atoms with E-state index in [0.717, 1.165) is 25.2 Å². The minimum absolute atomic E-state index is 0.252. The number of ether oxygens (including phenoxy) is 2. The SMILES string of the molecule is Cc1ccc(F)cc1OCC1CCOC1. The summed E-state index contributed by atoms with van der Waals surface area (Å²) in [5.74, 6) is 0.841. The first-order chi connectivity index (χ1) is 7.25. The Kier molecular flexibility index (Phi) is 3.21. The lowest BCUT2D eigenvalue weighted by molar-refractivity contribution is 0.166. The second-order valence-corrected chi connectivity index (χ2v) is 3.95. The Balaban J connectivity index is 1.94. The van der Waals surface area contributed by atoms with Crippen molar-refractivity contribution in [2.24, 2.45) is 5.92 Å². The van der Waals surface area contributed by atoms with Gasteiger partial charge in [0.15, 0.2) is 0 Å². The fourth-order valence-corrected chi connectivity index (χ4v) is 1.65. The summed E-state index contributed by atoms with van der Waals surface area (Å²) >= 11 is 0. The lowest BCUT2D eigenvalue weighted by Crippen LogP contribution is -2.12. The van der Waals surface area contributed by atoms with Gasteiger partial charge in [0.05, 0.1) is 13.2 Å². The average molecular weight is 210 g/mol. The summed E-state index contributed by atoms with van der Waals surface area (Å²) in [4.78, 5) is 0. The van der Waals surface area contributed by atoms with Gasteiger partial charge >= 0.3 is 0 Å². The Morgan fingerprint density at radius 1 is 1.53 bits per heavy atom. The molecule has 0 saturated carbocycles. The lowest BCUT2D eigenvalue weighted by Gasteiger charge is -2.12. The number of hydrogen-bond donors (Lipinski definition) is 0. The summed E-state index contributed by atoms with van der Waals surface area (Å²) in [6.45, 7) is 4.11. The molecule has 1 atom stereocenters. The largest absolute Gasteiger partial charge is 0.493 e. The van der Waals surface area contributed by atoms with Gasteiger partial charge < -0.3 is 9.47 Å². The molecule has 2 nitrogen and oxygen atoms in total. The van der Waals surface area contributed by atoms with Crippen LogP contribution < -0.4 is 4.74 Å². The van der Waals surface area contributed by atoms with Gasteiger partial charge in [-0.2, -0.15) is 0 Å². The van der Waals surface area contributed by atoms with Crippen LogP contribution in [0, 0.1) is 18.7 Å². The monoisotopic (exact) mass is 210 g/mol. The molecule has 1 fully saturated rings. The van der Waals surface area contributed by atoms with Crippen molar-refractivity contribution < 1.29 is 13.9 Å². The van der Waals surface area contributed by atoms with Crippen LogP contribution in [0.4, 0.5) is 4.39 Å². The van der Waals surface area contributed by atoms with Crippen molar-refractivity contribution in [2.75, 3.05) is 19.8 Å². The highest BCUT2D eigenvalue weighted by Crippen LogP contribution is 2.21. The molecule has 0 aliphatic carbocycles. The van der Waals surface area contributed by atoms with Crippen LogP contribution in [-0.2, 0) is 4.74 Å². The van der Waals surface area contributed by atoms with Crippen LogP contribution in [0.3, 0.4) is 0 Å². The molecular weight excluding hydrogens is 195 g/mol. The molecule has 0 N–H and O–H groups in total. The van der Waals surface area contributed by atoms with Crippen molar-refractivity contribution in [3.05, 3.63) is 29.6 Å². The molecule has 0 radical (unpaired) electrons. The zero-order valence-electron chi connectivity index (χ0n) is 8.83. The Morgan fingerprint density at radius 2 is 2.40 bits per heavy atom. The smallest absolute Gasteiger partial charge is 0.126 e. The molecule has 0 bridgehead atoms. The van der Waals surface area contributed by atoms with Gasteiger partial charge in [0.2, 0.25) is 0 Å². The molecule has 0 amide bonds. The summed E-state index contributed by atoms with van der Waals surface area (Å²) < 4.78 is 23.8. The standard InChI is InChI=1S/C12H15FO2/c1-9-2-3-11(13)6-12(9)15-8-10-4-5-14-7-10/h2-3,6,10H,4-5,7-8H2,1H3. The highest BCUT2D eigenvalue weighted by molar-refractivity contribution is 5.32. The number of hydrogen-bond acceptors (Lipinski definition) is 2. The van der Waals surface area contributed by atoms with Crippen LogP contribution in [-0.4, -0.2) is 19.8 Å². The molecule has 82 valence electrons. The number of halogens is 1. The van der Waals surface area contributed by atoms with E-state index in [9.17, 15) is 4.39 Å². The van der Waals surface area contributed by atoms with Crippen molar-refractivity contribution >= 4 is 0 Å². The molecule has 1 aliphatic rings. The first-order valence-corrected chi connectivity index (χ1v) is 5.22. The van der Waals surface area contributed by atoms with E-state index >= 15 is 0 Å². The molecule has 0 spiro atoms. The van der Waals surface area contributed by atoms with Crippen molar-refractivity contribution in [1.82, 2.24) is 0 Å². The first kappa shape index (κ1) is 10.4. The van der Waals surface area contributed by atoms with Gasteiger partial charge in [-0.3, -0.25) is 0 Å². The minimum Gasteiger partial charge on any atom is -0.493 e. The van der Waals surface area contributed by atoms with Gasteiger partial charge in [-0.25, -0.2) is 4.39 Å². The second kappa shape index (κ2) is 4.62. The molecule has 1 aliphatic heterocycles. The molecule has 1 heterocycles. The Bertz CT molecular complexity index is 332. The van der Waals surface area contributed by atoms with E-state index in [1.54, 1.807) is 6.07 Å². The highest BCUT2D eigenvalue weighted by atomic mass is 19.1. The minimum atomic E-state index is -0.252. The third-order valence-corrected chi connectivity index (χ3v) is 2.65. The molecule has 15 heavy (non-hydrogen) atoms. The molecule has 1 aromatic carbocycles. The van der Waals surface area contributed by atoms with E-state index < -0.39 is 0 Å². The van der Waals surface area contributed by atoms with Crippen LogP contribution in [0.5, 0.6) is 5.75 Å². The van der Waals surface area contributed by atoms with E-state index in [0.29, 0.717) is 18.3 Å². The van der Waals surface area contributed by atoms with Crippen molar-refractivity contribution in [3.8, 4) is 5.75 Å². The van der Waals surface area contributed by atoms with E-state index in [2.05, 4.69) is 0 Å². The van der Waals surface area contributed by atoms with Gasteiger partial charge in [0.25, 0.3) is 0 Å². The fourth-order valence-electron chi connectivity index (χ4n) is 1.65. The lowest BCUT2D eigenvalue weighted by atomic mass is 10.1. The average Bonchev–Trinajstić information content (AvgIpc) is 2.72. The third-order valence-electron chi connectivity index (χ3n) is 2.65. The van der Waals surface area contributed by atoms with Gasteiger partial charge in [0, 0.05) is 18.6 Å². The van der Waals surface area contributed by atoms with E-state index in [-0.39, 0.29) is 5.82 Å². The summed E-state index contributed by atoms with van der Waals surface area (Å²) in [5, 5.41) is 0. The van der Waals surface area contributed by atoms with Crippen molar-refractivity contribution in [2.45, 2.75) is 13.3 Å². The molecular formula is C12H15FO2. The predicted molar refractivity (Wildman–Crippen MR) is 55.6 cm³/mol. The maximum absolute atomic E-state index is 12.9. The van der Waals surface area contributed by atoms with Gasteiger partial charge in [-0.15, -0.1) is 0 Å². The van der Waals surface area contributed by atoms with Gasteiger partial charge in [-0.1, -0.05) is 6.07 Å². The van der Waals surface area contributed by atoms with E-state index in [1.165, 1.54) is 12.1 Å². The molecule has 3 heteroatoms. The Morgan fingerprint density at radius 3 is 3.13 bits per heavy atom. The first-order valence-electron chi connectivity index (χ1n) is 5.22. The topological polar surface area (TPSA) is 18.5 Å². The quantitative estimate of drug-likeness (QED) is 0.763. The second-order valence-electron chi connectivity index (χ2n) is 3.95. The summed E-state index contributed by atoms with van der Waals surface area (Å²) in [5.41, 5.74) is 0.968. The fraction of sp³-hybridized carbons (Fsp3) is 0.500. The van der Waals surface area contributed by atoms with Gasteiger partial charge in [-0.05, 0) is 25.0 Å². The number of aryl methyl sites for hydroxylation is 1. The van der Waals surface area contributed by atoms with Crippen LogP contribution in [0.25, 0.3) is 0 Å².